The van der Waals surface area contributed by atoms with Crippen molar-refractivity contribution in [1.82, 2.24) is 9.88 Å². The molecule has 0 saturated heterocycles. The number of hydrogen-bond donors (Lipinski definition) is 1. The molecule has 2 aromatic rings. The maximum Gasteiger partial charge on any atom is 0.238 e. The van der Waals surface area contributed by atoms with Crippen LogP contribution in [0.1, 0.15) is 12.0 Å². The standard InChI is InChI=1S/C17H22BrN3OS/c1-13-5-7-15(8-6-13)23-20-16-11-14(18)12-19-17(16)22-10-4-9-21(2)3/h5-8,11-12,20H,4,9-10H2,1-3H3. The second-order valence-electron chi connectivity index (χ2n) is 5.53. The van der Waals surface area contributed by atoms with Gasteiger partial charge in [0.1, 0.15) is 5.69 Å². The van der Waals surface area contributed by atoms with Crippen molar-refractivity contribution in [3.63, 3.8) is 0 Å². The van der Waals surface area contributed by atoms with Crippen molar-refractivity contribution in [2.24, 2.45) is 0 Å². The van der Waals surface area contributed by atoms with E-state index in [1.807, 2.05) is 6.07 Å². The zero-order chi connectivity index (χ0) is 16.7. The summed E-state index contributed by atoms with van der Waals surface area (Å²) in [5.74, 6) is 0.631. The minimum atomic E-state index is 0.631. The number of aromatic nitrogens is 1. The number of halogens is 1. The Kier molecular flexibility index (Phi) is 7.20. The highest BCUT2D eigenvalue weighted by atomic mass is 79.9. The highest BCUT2D eigenvalue weighted by molar-refractivity contribution is 9.10. The van der Waals surface area contributed by atoms with E-state index in [0.717, 1.165) is 28.0 Å². The number of rotatable bonds is 8. The van der Waals surface area contributed by atoms with Crippen LogP contribution in [0.15, 0.2) is 45.9 Å². The molecule has 0 fully saturated rings. The number of anilines is 1. The fraction of sp³-hybridized carbons (Fsp3) is 0.353. The average molecular weight is 396 g/mol. The topological polar surface area (TPSA) is 37.4 Å². The Morgan fingerprint density at radius 1 is 1.26 bits per heavy atom. The number of pyridine rings is 1. The summed E-state index contributed by atoms with van der Waals surface area (Å²) in [5.41, 5.74) is 2.12. The molecule has 0 bridgehead atoms. The van der Waals surface area contributed by atoms with Gasteiger partial charge in [-0.05, 0) is 73.5 Å². The summed E-state index contributed by atoms with van der Waals surface area (Å²) >= 11 is 5.01. The fourth-order valence-corrected chi connectivity index (χ4v) is 2.86. The Balaban J connectivity index is 1.96. The second kappa shape index (κ2) is 9.15. The van der Waals surface area contributed by atoms with Gasteiger partial charge in [0.25, 0.3) is 0 Å². The first-order valence-electron chi connectivity index (χ1n) is 7.47. The van der Waals surface area contributed by atoms with Gasteiger partial charge in [-0.15, -0.1) is 0 Å². The first kappa shape index (κ1) is 18.1. The molecule has 4 nitrogen and oxygen atoms in total. The van der Waals surface area contributed by atoms with Crippen molar-refractivity contribution in [2.75, 3.05) is 32.0 Å². The summed E-state index contributed by atoms with van der Waals surface area (Å²) in [7, 11) is 4.12. The molecule has 0 saturated carbocycles. The molecule has 0 spiro atoms. The summed E-state index contributed by atoms with van der Waals surface area (Å²) < 4.78 is 10.1. The number of ether oxygens (including phenoxy) is 1. The van der Waals surface area contributed by atoms with Crippen molar-refractivity contribution in [3.05, 3.63) is 46.6 Å². The SMILES string of the molecule is Cc1ccc(SNc2cc(Br)cnc2OCCCN(C)C)cc1. The lowest BCUT2D eigenvalue weighted by Gasteiger charge is -2.13. The molecule has 1 N–H and O–H groups in total. The lowest BCUT2D eigenvalue weighted by atomic mass is 10.2. The molecule has 0 amide bonds. The third-order valence-electron chi connectivity index (χ3n) is 3.11. The van der Waals surface area contributed by atoms with Crippen molar-refractivity contribution in [2.45, 2.75) is 18.2 Å². The molecule has 0 aliphatic heterocycles. The third-order valence-corrected chi connectivity index (χ3v) is 4.37. The van der Waals surface area contributed by atoms with Crippen LogP contribution in [0.5, 0.6) is 5.88 Å². The largest absolute Gasteiger partial charge is 0.476 e. The summed E-state index contributed by atoms with van der Waals surface area (Å²) in [6.07, 6.45) is 2.72. The highest BCUT2D eigenvalue weighted by Gasteiger charge is 2.07. The number of nitrogens with zero attached hydrogens (tertiary/aromatic N) is 2. The summed E-state index contributed by atoms with van der Waals surface area (Å²) in [6, 6.07) is 10.4. The van der Waals surface area contributed by atoms with Crippen LogP contribution in [0.3, 0.4) is 0 Å². The molecule has 1 aromatic carbocycles. The Hall–Kier alpha value is -1.24. The van der Waals surface area contributed by atoms with E-state index in [1.165, 1.54) is 5.56 Å². The quantitative estimate of drug-likeness (QED) is 0.521. The summed E-state index contributed by atoms with van der Waals surface area (Å²) in [6.45, 7) is 3.73. The van der Waals surface area contributed by atoms with Gasteiger partial charge in [-0.2, -0.15) is 0 Å². The van der Waals surface area contributed by atoms with Crippen LogP contribution in [-0.4, -0.2) is 37.1 Å². The van der Waals surface area contributed by atoms with E-state index >= 15 is 0 Å². The normalized spacial score (nSPS) is 10.8. The second-order valence-corrected chi connectivity index (χ2v) is 7.32. The smallest absolute Gasteiger partial charge is 0.238 e. The van der Waals surface area contributed by atoms with E-state index < -0.39 is 0 Å². The van der Waals surface area contributed by atoms with E-state index in [2.05, 4.69) is 75.8 Å². The zero-order valence-corrected chi connectivity index (χ0v) is 16.1. The molecule has 6 heteroatoms. The maximum absolute atomic E-state index is 5.82. The van der Waals surface area contributed by atoms with Crippen LogP contribution >= 0.6 is 27.9 Å². The monoisotopic (exact) mass is 395 g/mol. The molecule has 0 aliphatic carbocycles. The van der Waals surface area contributed by atoms with Gasteiger partial charge in [0.2, 0.25) is 5.88 Å². The fourth-order valence-electron chi connectivity index (χ4n) is 1.88. The summed E-state index contributed by atoms with van der Waals surface area (Å²) in [5, 5.41) is 0. The van der Waals surface area contributed by atoms with Gasteiger partial charge < -0.3 is 14.4 Å². The molecule has 1 heterocycles. The maximum atomic E-state index is 5.82. The lowest BCUT2D eigenvalue weighted by molar-refractivity contribution is 0.274. The zero-order valence-electron chi connectivity index (χ0n) is 13.7. The highest BCUT2D eigenvalue weighted by Crippen LogP contribution is 2.30. The molecular formula is C17H22BrN3OS. The van der Waals surface area contributed by atoms with Gasteiger partial charge in [-0.25, -0.2) is 4.98 Å². The van der Waals surface area contributed by atoms with E-state index in [-0.39, 0.29) is 0 Å². The molecule has 2 rings (SSSR count). The first-order chi connectivity index (χ1) is 11.0. The van der Waals surface area contributed by atoms with Gasteiger partial charge in [0, 0.05) is 22.1 Å². The number of aryl methyl sites for hydroxylation is 1. The molecule has 23 heavy (non-hydrogen) atoms. The van der Waals surface area contributed by atoms with Crippen LogP contribution in [0, 0.1) is 6.92 Å². The predicted octanol–water partition coefficient (Wildman–Crippen LogP) is 4.60. The van der Waals surface area contributed by atoms with Crippen LogP contribution in [0.2, 0.25) is 0 Å². The Morgan fingerprint density at radius 3 is 2.70 bits per heavy atom. The van der Waals surface area contributed by atoms with Crippen molar-refractivity contribution in [1.29, 1.82) is 0 Å². The minimum Gasteiger partial charge on any atom is -0.476 e. The van der Waals surface area contributed by atoms with Gasteiger partial charge >= 0.3 is 0 Å². The lowest BCUT2D eigenvalue weighted by Crippen LogP contribution is -2.15. The van der Waals surface area contributed by atoms with E-state index in [4.69, 9.17) is 4.74 Å². The molecule has 0 unspecified atom stereocenters. The average Bonchev–Trinajstić information content (AvgIpc) is 2.52. The first-order valence-corrected chi connectivity index (χ1v) is 9.08. The van der Waals surface area contributed by atoms with Gasteiger partial charge in [0.15, 0.2) is 0 Å². The molecule has 0 aliphatic rings. The Labute approximate surface area is 150 Å². The molecule has 124 valence electrons. The number of nitrogens with one attached hydrogen (secondary N) is 1. The summed E-state index contributed by atoms with van der Waals surface area (Å²) in [4.78, 5) is 7.65. The molecule has 0 atom stereocenters. The van der Waals surface area contributed by atoms with Gasteiger partial charge in [-0.3, -0.25) is 0 Å². The molecule has 0 radical (unpaired) electrons. The Bertz CT molecular complexity index is 620. The van der Waals surface area contributed by atoms with Crippen LogP contribution < -0.4 is 9.46 Å². The molecule has 1 aromatic heterocycles. The van der Waals surface area contributed by atoms with Crippen LogP contribution in [-0.2, 0) is 0 Å². The van der Waals surface area contributed by atoms with E-state index in [0.29, 0.717) is 12.5 Å². The Morgan fingerprint density at radius 2 is 2.00 bits per heavy atom. The van der Waals surface area contributed by atoms with E-state index in [1.54, 1.807) is 18.1 Å². The number of benzene rings is 1. The van der Waals surface area contributed by atoms with Gasteiger partial charge in [-0.1, -0.05) is 17.7 Å². The molecular weight excluding hydrogens is 374 g/mol. The van der Waals surface area contributed by atoms with Crippen LogP contribution in [0.4, 0.5) is 5.69 Å². The van der Waals surface area contributed by atoms with Crippen molar-refractivity contribution in [3.8, 4) is 5.88 Å². The van der Waals surface area contributed by atoms with Crippen molar-refractivity contribution < 1.29 is 4.74 Å². The minimum absolute atomic E-state index is 0.631. The van der Waals surface area contributed by atoms with Gasteiger partial charge in [0.05, 0.1) is 6.61 Å². The van der Waals surface area contributed by atoms with Crippen LogP contribution in [0.25, 0.3) is 0 Å². The number of hydrogen-bond acceptors (Lipinski definition) is 5. The van der Waals surface area contributed by atoms with Crippen molar-refractivity contribution >= 4 is 33.6 Å². The third kappa shape index (κ3) is 6.41. The predicted molar refractivity (Wildman–Crippen MR) is 101 cm³/mol. The van der Waals surface area contributed by atoms with E-state index in [9.17, 15) is 0 Å².